The summed E-state index contributed by atoms with van der Waals surface area (Å²) in [6.07, 6.45) is 0. The van der Waals surface area contributed by atoms with Gasteiger partial charge in [-0.2, -0.15) is 0 Å². The molecule has 0 saturated carbocycles. The number of nitrogens with zero attached hydrogens (tertiary/aromatic N) is 1. The lowest BCUT2D eigenvalue weighted by atomic mass is 10.2. The van der Waals surface area contributed by atoms with Crippen molar-refractivity contribution in [3.63, 3.8) is 0 Å². The van der Waals surface area contributed by atoms with Gasteiger partial charge in [0.05, 0.1) is 5.02 Å². The summed E-state index contributed by atoms with van der Waals surface area (Å²) in [6, 6.07) is 7.28. The summed E-state index contributed by atoms with van der Waals surface area (Å²) >= 11 is 5.51. The second-order valence-corrected chi connectivity index (χ2v) is 3.17. The molecule has 1 aromatic rings. The summed E-state index contributed by atoms with van der Waals surface area (Å²) in [5, 5.41) is 0.121. The number of rotatable bonds is 0. The Bertz CT molecular complexity index is 363. The van der Waals surface area contributed by atoms with E-state index in [1.165, 1.54) is 12.1 Å². The fourth-order valence-corrected chi connectivity index (χ4v) is 0.868. The summed E-state index contributed by atoms with van der Waals surface area (Å²) in [7, 11) is 3.64. The topological polar surface area (TPSA) is 3.24 Å². The van der Waals surface area contributed by atoms with Crippen LogP contribution in [0.4, 0.5) is 4.39 Å². The van der Waals surface area contributed by atoms with E-state index in [0.29, 0.717) is 5.56 Å². The molecule has 1 rings (SSSR count). The highest BCUT2D eigenvalue weighted by atomic mass is 35.5. The Balaban J connectivity index is 2.94. The molecule has 0 atom stereocenters. The first-order valence-electron chi connectivity index (χ1n) is 3.73. The molecule has 1 aromatic carbocycles. The molecule has 0 N–H and O–H groups in total. The van der Waals surface area contributed by atoms with Gasteiger partial charge < -0.3 is 4.90 Å². The third-order valence-corrected chi connectivity index (χ3v) is 1.65. The highest BCUT2D eigenvalue weighted by Gasteiger charge is 1.97. The average Bonchev–Trinajstić information content (AvgIpc) is 2.07. The fourth-order valence-electron chi connectivity index (χ4n) is 0.750. The van der Waals surface area contributed by atoms with E-state index >= 15 is 0 Å². The SMILES string of the molecule is CN(C)C#Cc1ccc(Cl)c(F)c1. The van der Waals surface area contributed by atoms with Gasteiger partial charge in [0.1, 0.15) is 5.82 Å². The van der Waals surface area contributed by atoms with Gasteiger partial charge in [0.2, 0.25) is 0 Å². The molecule has 0 spiro atoms. The Labute approximate surface area is 82.1 Å². The van der Waals surface area contributed by atoms with Crippen LogP contribution in [0.5, 0.6) is 0 Å². The van der Waals surface area contributed by atoms with E-state index < -0.39 is 5.82 Å². The highest BCUT2D eigenvalue weighted by molar-refractivity contribution is 6.30. The van der Waals surface area contributed by atoms with Gasteiger partial charge in [-0.15, -0.1) is 0 Å². The average molecular weight is 198 g/mol. The number of hydrogen-bond donors (Lipinski definition) is 0. The maximum Gasteiger partial charge on any atom is 0.143 e. The van der Waals surface area contributed by atoms with Gasteiger partial charge in [0.15, 0.2) is 0 Å². The maximum absolute atomic E-state index is 12.9. The first-order chi connectivity index (χ1) is 6.09. The normalized spacial score (nSPS) is 8.92. The van der Waals surface area contributed by atoms with Crippen molar-refractivity contribution >= 4 is 11.6 Å². The van der Waals surface area contributed by atoms with Crippen LogP contribution in [0.3, 0.4) is 0 Å². The highest BCUT2D eigenvalue weighted by Crippen LogP contribution is 2.14. The Hall–Kier alpha value is -1.20. The second-order valence-electron chi connectivity index (χ2n) is 2.76. The van der Waals surface area contributed by atoms with E-state index in [4.69, 9.17) is 11.6 Å². The standard InChI is InChI=1S/C10H9ClFN/c1-13(2)6-5-8-3-4-9(11)10(12)7-8/h3-4,7H,1-2H3. The van der Waals surface area contributed by atoms with Gasteiger partial charge >= 0.3 is 0 Å². The lowest BCUT2D eigenvalue weighted by Gasteiger charge is -1.98. The molecule has 1 nitrogen and oxygen atoms in total. The minimum atomic E-state index is -0.438. The first kappa shape index (κ1) is 9.88. The van der Waals surface area contributed by atoms with Crippen molar-refractivity contribution in [2.24, 2.45) is 0 Å². The second kappa shape index (κ2) is 4.15. The Morgan fingerprint density at radius 3 is 2.62 bits per heavy atom. The van der Waals surface area contributed by atoms with Crippen LogP contribution in [0, 0.1) is 17.8 Å². The smallest absolute Gasteiger partial charge is 0.143 e. The molecule has 3 heteroatoms. The van der Waals surface area contributed by atoms with Crippen molar-refractivity contribution in [1.82, 2.24) is 4.90 Å². The molecule has 0 aliphatic heterocycles. The summed E-state index contributed by atoms with van der Waals surface area (Å²) in [5.74, 6) is 2.35. The van der Waals surface area contributed by atoms with Crippen molar-refractivity contribution in [3.05, 3.63) is 34.6 Å². The zero-order valence-electron chi connectivity index (χ0n) is 7.44. The Morgan fingerprint density at radius 1 is 1.38 bits per heavy atom. The molecular formula is C10H9ClFN. The zero-order valence-corrected chi connectivity index (χ0v) is 8.19. The number of halogens is 2. The quantitative estimate of drug-likeness (QED) is 0.456. The van der Waals surface area contributed by atoms with E-state index in [2.05, 4.69) is 12.0 Å². The zero-order chi connectivity index (χ0) is 9.84. The van der Waals surface area contributed by atoms with Crippen molar-refractivity contribution in [3.8, 4) is 12.0 Å². The summed E-state index contributed by atoms with van der Waals surface area (Å²) in [5.41, 5.74) is 0.621. The molecule has 0 radical (unpaired) electrons. The summed E-state index contributed by atoms with van der Waals surface area (Å²) in [4.78, 5) is 1.70. The number of hydrogen-bond acceptors (Lipinski definition) is 1. The van der Waals surface area contributed by atoms with Crippen LogP contribution in [-0.4, -0.2) is 19.0 Å². The first-order valence-corrected chi connectivity index (χ1v) is 4.11. The van der Waals surface area contributed by atoms with Gasteiger partial charge in [-0.05, 0) is 24.1 Å². The summed E-state index contributed by atoms with van der Waals surface area (Å²) < 4.78 is 12.9. The predicted octanol–water partition coefficient (Wildman–Crippen LogP) is 2.35. The molecule has 0 saturated heterocycles. The molecule has 0 amide bonds. The van der Waals surface area contributed by atoms with Crippen LogP contribution in [0.15, 0.2) is 18.2 Å². The minimum Gasteiger partial charge on any atom is -0.338 e. The van der Waals surface area contributed by atoms with E-state index in [1.54, 1.807) is 11.0 Å². The number of benzene rings is 1. The monoisotopic (exact) mass is 197 g/mol. The van der Waals surface area contributed by atoms with E-state index in [-0.39, 0.29) is 5.02 Å². The van der Waals surface area contributed by atoms with E-state index in [1.807, 2.05) is 14.1 Å². The lowest BCUT2D eigenvalue weighted by molar-refractivity contribution is 0.597. The van der Waals surface area contributed by atoms with Crippen molar-refractivity contribution < 1.29 is 4.39 Å². The fraction of sp³-hybridized carbons (Fsp3) is 0.200. The molecule has 0 aliphatic carbocycles. The largest absolute Gasteiger partial charge is 0.338 e. The van der Waals surface area contributed by atoms with Crippen molar-refractivity contribution in [1.29, 1.82) is 0 Å². The maximum atomic E-state index is 12.9. The van der Waals surface area contributed by atoms with Crippen LogP contribution < -0.4 is 0 Å². The van der Waals surface area contributed by atoms with Crippen LogP contribution >= 0.6 is 11.6 Å². The third-order valence-electron chi connectivity index (χ3n) is 1.34. The van der Waals surface area contributed by atoms with Gasteiger partial charge in [-0.3, -0.25) is 0 Å². The predicted molar refractivity (Wildman–Crippen MR) is 52.0 cm³/mol. The molecule has 0 aromatic heterocycles. The van der Waals surface area contributed by atoms with Gasteiger partial charge in [-0.25, -0.2) is 4.39 Å². The minimum absolute atomic E-state index is 0.121. The molecule has 0 bridgehead atoms. The third kappa shape index (κ3) is 2.96. The summed E-state index contributed by atoms with van der Waals surface area (Å²) in [6.45, 7) is 0. The van der Waals surface area contributed by atoms with Crippen molar-refractivity contribution in [2.45, 2.75) is 0 Å². The van der Waals surface area contributed by atoms with Gasteiger partial charge in [-0.1, -0.05) is 11.6 Å². The van der Waals surface area contributed by atoms with E-state index in [0.717, 1.165) is 0 Å². The molecule has 0 aliphatic rings. The van der Waals surface area contributed by atoms with Crippen LogP contribution in [0.2, 0.25) is 5.02 Å². The lowest BCUT2D eigenvalue weighted by Crippen LogP contribution is -2.00. The molecule has 0 unspecified atom stereocenters. The van der Waals surface area contributed by atoms with Gasteiger partial charge in [0.25, 0.3) is 0 Å². The molecule has 13 heavy (non-hydrogen) atoms. The molecule has 0 fully saturated rings. The van der Waals surface area contributed by atoms with Crippen LogP contribution in [-0.2, 0) is 0 Å². The molecule has 0 heterocycles. The Kier molecular flexibility index (Phi) is 3.16. The van der Waals surface area contributed by atoms with Gasteiger partial charge in [0, 0.05) is 25.7 Å². The van der Waals surface area contributed by atoms with E-state index in [9.17, 15) is 4.39 Å². The van der Waals surface area contributed by atoms with Crippen LogP contribution in [0.1, 0.15) is 5.56 Å². The Morgan fingerprint density at radius 2 is 2.08 bits per heavy atom. The van der Waals surface area contributed by atoms with Crippen LogP contribution in [0.25, 0.3) is 0 Å². The molecular weight excluding hydrogens is 189 g/mol. The molecule has 68 valence electrons. The van der Waals surface area contributed by atoms with Crippen molar-refractivity contribution in [2.75, 3.05) is 14.1 Å².